The van der Waals surface area contributed by atoms with Crippen molar-refractivity contribution in [3.05, 3.63) is 22.4 Å². The van der Waals surface area contributed by atoms with Crippen LogP contribution in [0.5, 0.6) is 0 Å². The molecule has 0 bridgehead atoms. The lowest BCUT2D eigenvalue weighted by Gasteiger charge is -2.22. The molecule has 0 aliphatic carbocycles. The molecule has 1 saturated heterocycles. The molecule has 0 aromatic carbocycles. The number of hydrogen-bond acceptors (Lipinski definition) is 4. The molecule has 1 N–H and O–H groups in total. The summed E-state index contributed by atoms with van der Waals surface area (Å²) >= 11 is 1.69. The second kappa shape index (κ2) is 7.04. The predicted molar refractivity (Wildman–Crippen MR) is 82.5 cm³/mol. The minimum absolute atomic E-state index is 0.0386. The van der Waals surface area contributed by atoms with Crippen molar-refractivity contribution in [3.63, 3.8) is 0 Å². The van der Waals surface area contributed by atoms with Crippen LogP contribution in [0.4, 0.5) is 0 Å². The van der Waals surface area contributed by atoms with Gasteiger partial charge in [0.15, 0.2) is 0 Å². The summed E-state index contributed by atoms with van der Waals surface area (Å²) in [6.07, 6.45) is 2.59. The third-order valence-electron chi connectivity index (χ3n) is 4.01. The number of thiophene rings is 1. The zero-order chi connectivity index (χ0) is 15.4. The number of carboxylic acids is 1. The Morgan fingerprint density at radius 2 is 2.24 bits per heavy atom. The maximum Gasteiger partial charge on any atom is 0.326 e. The van der Waals surface area contributed by atoms with Gasteiger partial charge >= 0.3 is 5.97 Å². The number of likely N-dealkylation sites (N-methyl/N-ethyl adjacent to an activating group) is 1. The van der Waals surface area contributed by atoms with Crippen LogP contribution in [-0.4, -0.2) is 59.5 Å². The number of aliphatic carboxylic acids is 1. The lowest BCUT2D eigenvalue weighted by Crippen LogP contribution is -2.40. The highest BCUT2D eigenvalue weighted by atomic mass is 32.1. The topological polar surface area (TPSA) is 60.9 Å². The average Bonchev–Trinajstić information content (AvgIpc) is 3.07. The van der Waals surface area contributed by atoms with E-state index in [1.807, 2.05) is 30.4 Å². The summed E-state index contributed by atoms with van der Waals surface area (Å²) < 4.78 is 0. The van der Waals surface area contributed by atoms with Gasteiger partial charge in [0.05, 0.1) is 0 Å². The molecule has 21 heavy (non-hydrogen) atoms. The zero-order valence-corrected chi connectivity index (χ0v) is 13.3. The normalized spacial score (nSPS) is 22.0. The summed E-state index contributed by atoms with van der Waals surface area (Å²) in [6, 6.07) is 3.52. The summed E-state index contributed by atoms with van der Waals surface area (Å²) in [4.78, 5) is 28.4. The first-order chi connectivity index (χ1) is 9.99. The van der Waals surface area contributed by atoms with E-state index in [-0.39, 0.29) is 11.9 Å². The van der Waals surface area contributed by atoms with Gasteiger partial charge in [0, 0.05) is 23.9 Å². The zero-order valence-electron chi connectivity index (χ0n) is 12.5. The summed E-state index contributed by atoms with van der Waals surface area (Å²) in [7, 11) is 3.85. The monoisotopic (exact) mass is 310 g/mol. The van der Waals surface area contributed by atoms with E-state index in [9.17, 15) is 14.7 Å². The van der Waals surface area contributed by atoms with Crippen LogP contribution in [-0.2, 0) is 16.0 Å². The molecule has 1 aromatic rings. The quantitative estimate of drug-likeness (QED) is 0.868. The fourth-order valence-corrected chi connectivity index (χ4v) is 3.46. The van der Waals surface area contributed by atoms with Crippen molar-refractivity contribution in [2.75, 3.05) is 20.6 Å². The van der Waals surface area contributed by atoms with E-state index >= 15 is 0 Å². The molecule has 0 saturated carbocycles. The SMILES string of the molecule is CN(C)[C@@H]1C[C@@H](C(=O)O)N(C(=O)CCCc2cccs2)C1. The highest BCUT2D eigenvalue weighted by molar-refractivity contribution is 7.09. The highest BCUT2D eigenvalue weighted by Gasteiger charge is 2.39. The Labute approximate surface area is 129 Å². The van der Waals surface area contributed by atoms with Gasteiger partial charge in [0.25, 0.3) is 0 Å². The Bertz CT molecular complexity index is 487. The number of aryl methyl sites for hydroxylation is 1. The van der Waals surface area contributed by atoms with Gasteiger partial charge in [-0.1, -0.05) is 6.07 Å². The molecule has 116 valence electrons. The van der Waals surface area contributed by atoms with E-state index in [0.29, 0.717) is 19.4 Å². The van der Waals surface area contributed by atoms with E-state index in [0.717, 1.165) is 12.8 Å². The Kier molecular flexibility index (Phi) is 5.36. The van der Waals surface area contributed by atoms with Crippen molar-refractivity contribution in [2.24, 2.45) is 0 Å². The van der Waals surface area contributed by atoms with Crippen LogP contribution in [0.1, 0.15) is 24.1 Å². The average molecular weight is 310 g/mol. The van der Waals surface area contributed by atoms with E-state index in [2.05, 4.69) is 6.07 Å². The first kappa shape index (κ1) is 16.0. The van der Waals surface area contributed by atoms with Crippen molar-refractivity contribution in [3.8, 4) is 0 Å². The number of likely N-dealkylation sites (tertiary alicyclic amines) is 1. The fourth-order valence-electron chi connectivity index (χ4n) is 2.71. The van der Waals surface area contributed by atoms with Gasteiger partial charge in [-0.05, 0) is 44.8 Å². The van der Waals surface area contributed by atoms with Crippen LogP contribution in [0, 0.1) is 0 Å². The lowest BCUT2D eigenvalue weighted by atomic mass is 10.1. The number of amides is 1. The van der Waals surface area contributed by atoms with Crippen molar-refractivity contribution < 1.29 is 14.7 Å². The van der Waals surface area contributed by atoms with E-state index in [1.165, 1.54) is 4.88 Å². The van der Waals surface area contributed by atoms with Crippen molar-refractivity contribution >= 4 is 23.2 Å². The number of nitrogens with zero attached hydrogens (tertiary/aromatic N) is 2. The standard InChI is InChI=1S/C15H22N2O3S/c1-16(2)11-9-13(15(19)20)17(10-11)14(18)7-3-5-12-6-4-8-21-12/h4,6,8,11,13H,3,5,7,9-10H2,1-2H3,(H,19,20)/t11-,13+/m1/s1. The Balaban J connectivity index is 1.88. The summed E-state index contributed by atoms with van der Waals surface area (Å²) in [6.45, 7) is 0.516. The number of rotatable bonds is 6. The Morgan fingerprint density at radius 1 is 1.48 bits per heavy atom. The molecule has 1 amide bonds. The number of carboxylic acid groups (broad SMARTS) is 1. The molecule has 1 aromatic heterocycles. The van der Waals surface area contributed by atoms with Gasteiger partial charge in [-0.25, -0.2) is 4.79 Å². The molecule has 6 heteroatoms. The molecule has 2 heterocycles. The second-order valence-corrected chi connectivity index (χ2v) is 6.72. The number of carbonyl (C=O) groups is 2. The Morgan fingerprint density at radius 3 is 2.81 bits per heavy atom. The van der Waals surface area contributed by atoms with E-state index in [4.69, 9.17) is 0 Å². The largest absolute Gasteiger partial charge is 0.480 e. The highest BCUT2D eigenvalue weighted by Crippen LogP contribution is 2.23. The van der Waals surface area contributed by atoms with Gasteiger partial charge in [-0.15, -0.1) is 11.3 Å². The first-order valence-corrected chi connectivity index (χ1v) is 8.08. The minimum Gasteiger partial charge on any atom is -0.480 e. The molecule has 2 rings (SSSR count). The van der Waals surface area contributed by atoms with Crippen LogP contribution in [0.2, 0.25) is 0 Å². The van der Waals surface area contributed by atoms with E-state index < -0.39 is 12.0 Å². The molecule has 0 unspecified atom stereocenters. The lowest BCUT2D eigenvalue weighted by molar-refractivity contribution is -0.148. The number of hydrogen-bond donors (Lipinski definition) is 1. The van der Waals surface area contributed by atoms with Crippen LogP contribution in [0.25, 0.3) is 0 Å². The third kappa shape index (κ3) is 4.04. The van der Waals surface area contributed by atoms with E-state index in [1.54, 1.807) is 16.2 Å². The summed E-state index contributed by atoms with van der Waals surface area (Å²) in [5.74, 6) is -0.936. The molecular formula is C15H22N2O3S. The molecule has 1 aliphatic rings. The maximum absolute atomic E-state index is 12.3. The molecular weight excluding hydrogens is 288 g/mol. The van der Waals surface area contributed by atoms with Gasteiger partial charge in [-0.3, -0.25) is 4.79 Å². The van der Waals surface area contributed by atoms with Gasteiger partial charge in [-0.2, -0.15) is 0 Å². The molecule has 5 nitrogen and oxygen atoms in total. The van der Waals surface area contributed by atoms with Crippen LogP contribution in [0.15, 0.2) is 17.5 Å². The third-order valence-corrected chi connectivity index (χ3v) is 4.94. The first-order valence-electron chi connectivity index (χ1n) is 7.20. The fraction of sp³-hybridized carbons (Fsp3) is 0.600. The summed E-state index contributed by atoms with van der Waals surface area (Å²) in [5, 5.41) is 11.3. The molecule has 2 atom stereocenters. The number of carbonyl (C=O) groups excluding carboxylic acids is 1. The van der Waals surface area contributed by atoms with Crippen molar-refractivity contribution in [1.82, 2.24) is 9.80 Å². The minimum atomic E-state index is -0.897. The van der Waals surface area contributed by atoms with Crippen molar-refractivity contribution in [2.45, 2.75) is 37.8 Å². The maximum atomic E-state index is 12.3. The predicted octanol–water partition coefficient (Wildman–Crippen LogP) is 1.69. The smallest absolute Gasteiger partial charge is 0.326 e. The molecule has 1 aliphatic heterocycles. The molecule has 1 fully saturated rings. The van der Waals surface area contributed by atoms with Crippen LogP contribution < -0.4 is 0 Å². The van der Waals surface area contributed by atoms with Crippen LogP contribution >= 0.6 is 11.3 Å². The van der Waals surface area contributed by atoms with Gasteiger partial charge < -0.3 is 14.9 Å². The van der Waals surface area contributed by atoms with Crippen LogP contribution in [0.3, 0.4) is 0 Å². The van der Waals surface area contributed by atoms with Gasteiger partial charge in [0.1, 0.15) is 6.04 Å². The molecule has 0 radical (unpaired) electrons. The Hall–Kier alpha value is -1.40. The van der Waals surface area contributed by atoms with Crippen molar-refractivity contribution in [1.29, 1.82) is 0 Å². The second-order valence-electron chi connectivity index (χ2n) is 5.69. The summed E-state index contributed by atoms with van der Waals surface area (Å²) in [5.41, 5.74) is 0. The molecule has 0 spiro atoms. The van der Waals surface area contributed by atoms with Gasteiger partial charge in [0.2, 0.25) is 5.91 Å².